The lowest BCUT2D eigenvalue weighted by Crippen LogP contribution is -2.39. The predicted octanol–water partition coefficient (Wildman–Crippen LogP) is 3.50. The molecule has 7 heteroatoms. The number of nitrogens with zero attached hydrogens (tertiary/aromatic N) is 1. The van der Waals surface area contributed by atoms with Gasteiger partial charge in [0.15, 0.2) is 17.5 Å². The van der Waals surface area contributed by atoms with Gasteiger partial charge in [-0.3, -0.25) is 4.99 Å². The van der Waals surface area contributed by atoms with Gasteiger partial charge in [0.05, 0.1) is 20.8 Å². The molecule has 0 aliphatic rings. The smallest absolute Gasteiger partial charge is 0.191 e. The zero-order chi connectivity index (χ0) is 19.3. The quantitative estimate of drug-likeness (QED) is 0.227. The molecule has 2 N–H and O–H groups in total. The summed E-state index contributed by atoms with van der Waals surface area (Å²) in [5.74, 6) is 3.13. The number of methoxy groups -OCH3 is 2. The van der Waals surface area contributed by atoms with Gasteiger partial charge < -0.3 is 24.8 Å². The van der Waals surface area contributed by atoms with E-state index in [9.17, 15) is 0 Å². The Morgan fingerprint density at radius 3 is 2.39 bits per heavy atom. The van der Waals surface area contributed by atoms with Crippen LogP contribution in [0.5, 0.6) is 17.2 Å². The van der Waals surface area contributed by atoms with E-state index in [1.54, 1.807) is 14.2 Å². The summed E-state index contributed by atoms with van der Waals surface area (Å²) < 4.78 is 16.3. The second kappa shape index (κ2) is 13.9. The first-order valence-electron chi connectivity index (χ1n) is 9.17. The SMILES string of the molecule is CCNC(=NCCc1ccc(OC)c(OC)c1)NCCOc1ccccc1.I. The molecule has 0 aliphatic heterocycles. The van der Waals surface area contributed by atoms with Gasteiger partial charge in [0.1, 0.15) is 12.4 Å². The summed E-state index contributed by atoms with van der Waals surface area (Å²) in [6, 6.07) is 15.7. The monoisotopic (exact) mass is 499 g/mol. The van der Waals surface area contributed by atoms with Crippen LogP contribution in [0, 0.1) is 0 Å². The van der Waals surface area contributed by atoms with Crippen molar-refractivity contribution in [3.63, 3.8) is 0 Å². The van der Waals surface area contributed by atoms with Crippen LogP contribution < -0.4 is 24.8 Å². The van der Waals surface area contributed by atoms with Gasteiger partial charge in [-0.1, -0.05) is 24.3 Å². The number of halogens is 1. The van der Waals surface area contributed by atoms with E-state index in [2.05, 4.69) is 15.6 Å². The largest absolute Gasteiger partial charge is 0.493 e. The van der Waals surface area contributed by atoms with Crippen LogP contribution in [0.15, 0.2) is 53.5 Å². The summed E-state index contributed by atoms with van der Waals surface area (Å²) in [5, 5.41) is 6.53. The molecule has 0 heterocycles. The van der Waals surface area contributed by atoms with Gasteiger partial charge >= 0.3 is 0 Å². The molecule has 28 heavy (non-hydrogen) atoms. The zero-order valence-corrected chi connectivity index (χ0v) is 19.1. The van der Waals surface area contributed by atoms with Crippen molar-refractivity contribution in [3.8, 4) is 17.2 Å². The molecule has 2 rings (SSSR count). The van der Waals surface area contributed by atoms with Crippen molar-refractivity contribution in [2.75, 3.05) is 40.5 Å². The molecule has 0 unspecified atom stereocenters. The van der Waals surface area contributed by atoms with Gasteiger partial charge in [-0.05, 0) is 43.2 Å². The van der Waals surface area contributed by atoms with Gasteiger partial charge in [-0.2, -0.15) is 0 Å². The number of guanidine groups is 1. The van der Waals surface area contributed by atoms with Crippen LogP contribution in [0.1, 0.15) is 12.5 Å². The van der Waals surface area contributed by atoms with Crippen molar-refractivity contribution in [2.24, 2.45) is 4.99 Å². The van der Waals surface area contributed by atoms with E-state index >= 15 is 0 Å². The fraction of sp³-hybridized carbons (Fsp3) is 0.381. The van der Waals surface area contributed by atoms with E-state index in [-0.39, 0.29) is 24.0 Å². The maximum absolute atomic E-state index is 5.68. The Balaban J connectivity index is 0.00000392. The number of hydrogen-bond acceptors (Lipinski definition) is 4. The molecule has 0 bridgehead atoms. The molecule has 0 atom stereocenters. The fourth-order valence-corrected chi connectivity index (χ4v) is 2.53. The van der Waals surface area contributed by atoms with E-state index in [4.69, 9.17) is 14.2 Å². The molecule has 0 saturated heterocycles. The number of hydrogen-bond donors (Lipinski definition) is 2. The third kappa shape index (κ3) is 8.24. The summed E-state index contributed by atoms with van der Waals surface area (Å²) in [6.07, 6.45) is 0.817. The summed E-state index contributed by atoms with van der Waals surface area (Å²) in [6.45, 7) is 4.78. The normalized spacial score (nSPS) is 10.6. The number of para-hydroxylation sites is 1. The third-order valence-corrected chi connectivity index (χ3v) is 3.87. The highest BCUT2D eigenvalue weighted by molar-refractivity contribution is 14.0. The molecule has 154 valence electrons. The van der Waals surface area contributed by atoms with Gasteiger partial charge in [-0.25, -0.2) is 0 Å². The topological polar surface area (TPSA) is 64.1 Å². The number of nitrogens with one attached hydrogen (secondary N) is 2. The molecule has 0 spiro atoms. The van der Waals surface area contributed by atoms with Gasteiger partial charge in [0.2, 0.25) is 0 Å². The molecule has 2 aromatic carbocycles. The summed E-state index contributed by atoms with van der Waals surface area (Å²) in [4.78, 5) is 4.62. The van der Waals surface area contributed by atoms with Crippen LogP contribution in [0.3, 0.4) is 0 Å². The maximum atomic E-state index is 5.68. The second-order valence-corrected chi connectivity index (χ2v) is 5.79. The lowest BCUT2D eigenvalue weighted by atomic mass is 10.1. The molecular weight excluding hydrogens is 469 g/mol. The highest BCUT2D eigenvalue weighted by Crippen LogP contribution is 2.27. The lowest BCUT2D eigenvalue weighted by molar-refractivity contribution is 0.322. The fourth-order valence-electron chi connectivity index (χ4n) is 2.53. The molecule has 0 amide bonds. The van der Waals surface area contributed by atoms with E-state index < -0.39 is 0 Å². The van der Waals surface area contributed by atoms with E-state index in [0.717, 1.165) is 41.7 Å². The van der Waals surface area contributed by atoms with Crippen molar-refractivity contribution in [1.29, 1.82) is 0 Å². The Labute approximate surface area is 184 Å². The van der Waals surface area contributed by atoms with Gasteiger partial charge in [0, 0.05) is 13.1 Å². The number of rotatable bonds is 10. The number of aliphatic imine (C=N–C) groups is 1. The Kier molecular flexibility index (Phi) is 11.9. The van der Waals surface area contributed by atoms with Crippen LogP contribution in [0.25, 0.3) is 0 Å². The first-order valence-corrected chi connectivity index (χ1v) is 9.17. The first kappa shape index (κ1) is 23.9. The molecule has 0 saturated carbocycles. The van der Waals surface area contributed by atoms with Crippen LogP contribution in [0.2, 0.25) is 0 Å². The van der Waals surface area contributed by atoms with Crippen LogP contribution in [-0.2, 0) is 6.42 Å². The zero-order valence-electron chi connectivity index (χ0n) is 16.7. The Bertz CT molecular complexity index is 711. The van der Waals surface area contributed by atoms with Crippen LogP contribution in [-0.4, -0.2) is 46.4 Å². The molecule has 6 nitrogen and oxygen atoms in total. The number of benzene rings is 2. The molecule has 0 aromatic heterocycles. The van der Waals surface area contributed by atoms with E-state index in [0.29, 0.717) is 19.7 Å². The minimum absolute atomic E-state index is 0. The highest BCUT2D eigenvalue weighted by atomic mass is 127. The molecule has 0 fully saturated rings. The Morgan fingerprint density at radius 2 is 1.71 bits per heavy atom. The summed E-state index contributed by atoms with van der Waals surface area (Å²) in [5.41, 5.74) is 1.15. The van der Waals surface area contributed by atoms with Crippen molar-refractivity contribution in [1.82, 2.24) is 10.6 Å². The Hall–Kier alpha value is -2.16. The average molecular weight is 499 g/mol. The van der Waals surface area contributed by atoms with Gasteiger partial charge in [0.25, 0.3) is 0 Å². The van der Waals surface area contributed by atoms with Crippen molar-refractivity contribution in [3.05, 3.63) is 54.1 Å². The minimum Gasteiger partial charge on any atom is -0.493 e. The van der Waals surface area contributed by atoms with Gasteiger partial charge in [-0.15, -0.1) is 24.0 Å². The number of ether oxygens (including phenoxy) is 3. The predicted molar refractivity (Wildman–Crippen MR) is 125 cm³/mol. The standard InChI is InChI=1S/C21H29N3O3.HI/c1-4-22-21(24-14-15-27-18-8-6-5-7-9-18)23-13-12-17-10-11-19(25-2)20(16-17)26-3;/h5-11,16H,4,12-15H2,1-3H3,(H2,22,23,24);1H. The second-order valence-electron chi connectivity index (χ2n) is 5.79. The summed E-state index contributed by atoms with van der Waals surface area (Å²) in [7, 11) is 3.28. The van der Waals surface area contributed by atoms with Crippen molar-refractivity contribution < 1.29 is 14.2 Å². The molecule has 0 aliphatic carbocycles. The van der Waals surface area contributed by atoms with Crippen LogP contribution in [0.4, 0.5) is 0 Å². The average Bonchev–Trinajstić information content (AvgIpc) is 2.71. The van der Waals surface area contributed by atoms with E-state index in [1.165, 1.54) is 0 Å². The maximum Gasteiger partial charge on any atom is 0.191 e. The molecule has 2 aromatic rings. The van der Waals surface area contributed by atoms with E-state index in [1.807, 2.05) is 55.5 Å². The first-order chi connectivity index (χ1) is 13.3. The Morgan fingerprint density at radius 1 is 0.964 bits per heavy atom. The summed E-state index contributed by atoms with van der Waals surface area (Å²) >= 11 is 0. The third-order valence-electron chi connectivity index (χ3n) is 3.87. The van der Waals surface area contributed by atoms with Crippen molar-refractivity contribution >= 4 is 29.9 Å². The lowest BCUT2D eigenvalue weighted by Gasteiger charge is -2.12. The molecular formula is C21H30IN3O3. The highest BCUT2D eigenvalue weighted by Gasteiger charge is 2.04. The van der Waals surface area contributed by atoms with Crippen LogP contribution >= 0.6 is 24.0 Å². The minimum atomic E-state index is 0. The van der Waals surface area contributed by atoms with Crippen molar-refractivity contribution in [2.45, 2.75) is 13.3 Å². The molecule has 0 radical (unpaired) electrons.